The van der Waals surface area contributed by atoms with Crippen LogP contribution in [0.1, 0.15) is 17.0 Å². The van der Waals surface area contributed by atoms with E-state index >= 15 is 0 Å². The number of nitrogens with one attached hydrogen (secondary N) is 1. The average molecular weight is 336 g/mol. The lowest BCUT2D eigenvalue weighted by atomic mass is 10.1. The zero-order valence-electron chi connectivity index (χ0n) is 13.4. The number of carbonyl (C=O) groups is 1. The number of benzene rings is 2. The van der Waals surface area contributed by atoms with E-state index < -0.39 is 0 Å². The first kappa shape index (κ1) is 16.4. The number of aryl methyl sites for hydroxylation is 1. The fourth-order valence-corrected chi connectivity index (χ4v) is 3.27. The predicted molar refractivity (Wildman–Crippen MR) is 99.0 cm³/mol. The third-order valence-corrected chi connectivity index (χ3v) is 4.67. The molecule has 0 saturated carbocycles. The van der Waals surface area contributed by atoms with Gasteiger partial charge in [0.25, 0.3) is 0 Å². The first-order valence-electron chi connectivity index (χ1n) is 8.12. The van der Waals surface area contributed by atoms with Gasteiger partial charge < -0.3 is 5.32 Å². The maximum absolute atomic E-state index is 11.9. The summed E-state index contributed by atoms with van der Waals surface area (Å²) in [6.07, 6.45) is 2.08. The topological polar surface area (TPSA) is 42.0 Å². The summed E-state index contributed by atoms with van der Waals surface area (Å²) in [5.74, 6) is 0.0960. The van der Waals surface area contributed by atoms with E-state index in [9.17, 15) is 4.79 Å². The minimum Gasteiger partial charge on any atom is -0.356 e. The molecule has 3 aromatic rings. The summed E-state index contributed by atoms with van der Waals surface area (Å²) in [5.41, 5.74) is 3.33. The number of carbonyl (C=O) groups excluding carboxylic acids is 1. The van der Waals surface area contributed by atoms with Gasteiger partial charge in [-0.05, 0) is 12.0 Å². The summed E-state index contributed by atoms with van der Waals surface area (Å²) < 4.78 is 0. The largest absolute Gasteiger partial charge is 0.356 e. The van der Waals surface area contributed by atoms with Crippen molar-refractivity contribution in [2.45, 2.75) is 19.3 Å². The van der Waals surface area contributed by atoms with Crippen molar-refractivity contribution in [1.29, 1.82) is 0 Å². The van der Waals surface area contributed by atoms with Crippen LogP contribution >= 0.6 is 11.3 Å². The number of hydrogen-bond acceptors (Lipinski definition) is 3. The van der Waals surface area contributed by atoms with Crippen LogP contribution in [0.2, 0.25) is 0 Å². The summed E-state index contributed by atoms with van der Waals surface area (Å²) in [5, 5.41) is 6.10. The zero-order chi connectivity index (χ0) is 16.6. The lowest BCUT2D eigenvalue weighted by molar-refractivity contribution is -0.121. The molecule has 24 heavy (non-hydrogen) atoms. The Hall–Kier alpha value is -2.46. The molecule has 0 bridgehead atoms. The van der Waals surface area contributed by atoms with Crippen molar-refractivity contribution < 1.29 is 4.79 Å². The van der Waals surface area contributed by atoms with Crippen LogP contribution in [-0.4, -0.2) is 17.4 Å². The normalized spacial score (nSPS) is 10.5. The number of amides is 1. The Morgan fingerprint density at radius 3 is 2.42 bits per heavy atom. The van der Waals surface area contributed by atoms with Crippen LogP contribution in [0.4, 0.5) is 0 Å². The van der Waals surface area contributed by atoms with E-state index in [-0.39, 0.29) is 5.91 Å². The molecule has 0 spiro atoms. The molecule has 1 N–H and O–H groups in total. The second-order valence-corrected chi connectivity index (χ2v) is 6.52. The first-order valence-corrected chi connectivity index (χ1v) is 9.00. The average Bonchev–Trinajstić information content (AvgIpc) is 3.11. The van der Waals surface area contributed by atoms with Crippen LogP contribution in [0.5, 0.6) is 0 Å². The van der Waals surface area contributed by atoms with E-state index in [0.717, 1.165) is 29.1 Å². The maximum atomic E-state index is 11.9. The van der Waals surface area contributed by atoms with Crippen molar-refractivity contribution in [2.24, 2.45) is 0 Å². The highest BCUT2D eigenvalue weighted by Crippen LogP contribution is 2.21. The van der Waals surface area contributed by atoms with Crippen molar-refractivity contribution in [1.82, 2.24) is 10.3 Å². The van der Waals surface area contributed by atoms with Crippen molar-refractivity contribution in [3.63, 3.8) is 0 Å². The van der Waals surface area contributed by atoms with Crippen LogP contribution in [0, 0.1) is 0 Å². The van der Waals surface area contributed by atoms with Gasteiger partial charge in [0.1, 0.15) is 0 Å². The van der Waals surface area contributed by atoms with Crippen molar-refractivity contribution in [2.75, 3.05) is 6.54 Å². The molecule has 0 aliphatic heterocycles. The van der Waals surface area contributed by atoms with Crippen LogP contribution in [0.25, 0.3) is 11.3 Å². The number of hydrogen-bond donors (Lipinski definition) is 1. The molecule has 0 atom stereocenters. The molecule has 0 saturated heterocycles. The SMILES string of the molecule is O=C(CCc1ccccc1)NCCc1nc(-c2ccccc2)cs1. The van der Waals surface area contributed by atoms with Crippen LogP contribution < -0.4 is 5.32 Å². The lowest BCUT2D eigenvalue weighted by Crippen LogP contribution is -2.25. The number of thiazole rings is 1. The highest BCUT2D eigenvalue weighted by Gasteiger charge is 2.06. The Labute approximate surface area is 146 Å². The Kier molecular flexibility index (Phi) is 5.75. The first-order chi connectivity index (χ1) is 11.8. The smallest absolute Gasteiger partial charge is 0.220 e. The molecule has 0 unspecified atom stereocenters. The van der Waals surface area contributed by atoms with Gasteiger partial charge in [-0.15, -0.1) is 11.3 Å². The minimum absolute atomic E-state index is 0.0960. The highest BCUT2D eigenvalue weighted by atomic mass is 32.1. The summed E-state index contributed by atoms with van der Waals surface area (Å²) in [7, 11) is 0. The minimum atomic E-state index is 0.0960. The maximum Gasteiger partial charge on any atom is 0.220 e. The molecule has 3 rings (SSSR count). The van der Waals surface area contributed by atoms with Crippen molar-refractivity contribution in [3.05, 3.63) is 76.6 Å². The molecule has 3 nitrogen and oxygen atoms in total. The third kappa shape index (κ3) is 4.77. The second-order valence-electron chi connectivity index (χ2n) is 5.58. The molecule has 4 heteroatoms. The molecule has 0 aliphatic carbocycles. The second kappa shape index (κ2) is 8.41. The van der Waals surface area contributed by atoms with Gasteiger partial charge in [-0.2, -0.15) is 0 Å². The van der Waals surface area contributed by atoms with E-state index in [1.807, 2.05) is 48.5 Å². The molecule has 0 fully saturated rings. The van der Waals surface area contributed by atoms with E-state index in [0.29, 0.717) is 13.0 Å². The van der Waals surface area contributed by atoms with Gasteiger partial charge >= 0.3 is 0 Å². The predicted octanol–water partition coefficient (Wildman–Crippen LogP) is 4.10. The third-order valence-electron chi connectivity index (χ3n) is 3.77. The Balaban J connectivity index is 1.42. The number of rotatable bonds is 7. The van der Waals surface area contributed by atoms with E-state index in [1.54, 1.807) is 11.3 Å². The molecule has 0 aliphatic rings. The van der Waals surface area contributed by atoms with Gasteiger partial charge in [0, 0.05) is 30.3 Å². The standard InChI is InChI=1S/C20H20N2OS/c23-19(12-11-16-7-3-1-4-8-16)21-14-13-20-22-18(15-24-20)17-9-5-2-6-10-17/h1-10,15H,11-14H2,(H,21,23). The lowest BCUT2D eigenvalue weighted by Gasteiger charge is -2.04. The van der Waals surface area contributed by atoms with Gasteiger partial charge in [-0.25, -0.2) is 4.98 Å². The van der Waals surface area contributed by atoms with E-state index in [1.165, 1.54) is 5.56 Å². The summed E-state index contributed by atoms with van der Waals surface area (Å²) >= 11 is 1.64. The molecule has 122 valence electrons. The summed E-state index contributed by atoms with van der Waals surface area (Å²) in [6, 6.07) is 20.2. The van der Waals surface area contributed by atoms with Crippen LogP contribution in [-0.2, 0) is 17.6 Å². The molecular formula is C20H20N2OS. The van der Waals surface area contributed by atoms with Gasteiger partial charge in [0.05, 0.1) is 10.7 Å². The molecule has 0 radical (unpaired) electrons. The summed E-state index contributed by atoms with van der Waals surface area (Å²) in [6.45, 7) is 0.634. The van der Waals surface area contributed by atoms with E-state index in [2.05, 4.69) is 27.8 Å². The van der Waals surface area contributed by atoms with Crippen LogP contribution in [0.3, 0.4) is 0 Å². The highest BCUT2D eigenvalue weighted by molar-refractivity contribution is 7.09. The van der Waals surface area contributed by atoms with Gasteiger partial charge in [0.15, 0.2) is 0 Å². The van der Waals surface area contributed by atoms with Crippen molar-refractivity contribution in [3.8, 4) is 11.3 Å². The van der Waals surface area contributed by atoms with Crippen LogP contribution in [0.15, 0.2) is 66.0 Å². The molecule has 1 amide bonds. The van der Waals surface area contributed by atoms with Gasteiger partial charge in [0.2, 0.25) is 5.91 Å². The van der Waals surface area contributed by atoms with Gasteiger partial charge in [-0.1, -0.05) is 60.7 Å². The van der Waals surface area contributed by atoms with Gasteiger partial charge in [-0.3, -0.25) is 4.79 Å². The summed E-state index contributed by atoms with van der Waals surface area (Å²) in [4.78, 5) is 16.5. The molecule has 1 heterocycles. The zero-order valence-corrected chi connectivity index (χ0v) is 14.3. The Morgan fingerprint density at radius 2 is 1.67 bits per heavy atom. The monoisotopic (exact) mass is 336 g/mol. The quantitative estimate of drug-likeness (QED) is 0.706. The fraction of sp³-hybridized carbons (Fsp3) is 0.200. The molecule has 2 aromatic carbocycles. The fourth-order valence-electron chi connectivity index (χ4n) is 2.47. The molecular weight excluding hydrogens is 316 g/mol. The molecule has 1 aromatic heterocycles. The number of nitrogens with zero attached hydrogens (tertiary/aromatic N) is 1. The Morgan fingerprint density at radius 1 is 0.958 bits per heavy atom. The van der Waals surface area contributed by atoms with Crippen molar-refractivity contribution >= 4 is 17.2 Å². The number of aromatic nitrogens is 1. The van der Waals surface area contributed by atoms with E-state index in [4.69, 9.17) is 0 Å². The Bertz CT molecular complexity index is 769.